The Labute approximate surface area is 167 Å². The maximum Gasteiger partial charge on any atom is 0.290 e. The lowest BCUT2D eigenvalue weighted by Gasteiger charge is -2.14. The number of amides is 1. The molecule has 0 fully saturated rings. The topological polar surface area (TPSA) is 59.3 Å². The Kier molecular flexibility index (Phi) is 5.56. The molecular weight excluding hydrogens is 404 g/mol. The lowest BCUT2D eigenvalue weighted by Crippen LogP contribution is -2.21. The number of halogens is 1. The second-order valence-corrected chi connectivity index (χ2v) is 8.08. The number of carbonyl (C=O) groups excluding carboxylic acids is 1. The van der Waals surface area contributed by atoms with Crippen LogP contribution in [0.4, 0.5) is 0 Å². The summed E-state index contributed by atoms with van der Waals surface area (Å²) in [5.41, 5.74) is 5.43. The van der Waals surface area contributed by atoms with Crippen LogP contribution in [-0.4, -0.2) is 21.9 Å². The van der Waals surface area contributed by atoms with Crippen molar-refractivity contribution in [2.75, 3.05) is 0 Å². The molecule has 0 saturated carbocycles. The van der Waals surface area contributed by atoms with Gasteiger partial charge >= 0.3 is 0 Å². The number of hydrogen-bond acceptors (Lipinski definition) is 3. The summed E-state index contributed by atoms with van der Waals surface area (Å²) in [5.74, 6) is -0.310. The molecule has 1 heterocycles. The van der Waals surface area contributed by atoms with Crippen molar-refractivity contribution in [1.29, 1.82) is 0 Å². The Bertz CT molecular complexity index is 954. The molecule has 1 aromatic heterocycles. The molecular formula is C21H21BrN4O. The molecule has 0 aliphatic heterocycles. The number of hydrogen-bond donors (Lipinski definition) is 1. The monoisotopic (exact) mass is 424 g/mol. The Morgan fingerprint density at radius 1 is 1.11 bits per heavy atom. The predicted molar refractivity (Wildman–Crippen MR) is 111 cm³/mol. The lowest BCUT2D eigenvalue weighted by molar-refractivity contribution is 0.0947. The van der Waals surface area contributed by atoms with Gasteiger partial charge in [0.1, 0.15) is 5.69 Å². The molecule has 0 bridgehead atoms. The third kappa shape index (κ3) is 4.71. The summed E-state index contributed by atoms with van der Waals surface area (Å²) in [6, 6.07) is 19.1. The van der Waals surface area contributed by atoms with E-state index in [0.717, 1.165) is 21.4 Å². The highest BCUT2D eigenvalue weighted by molar-refractivity contribution is 9.10. The summed E-state index contributed by atoms with van der Waals surface area (Å²) in [5, 5.41) is 8.72. The van der Waals surface area contributed by atoms with Crippen molar-refractivity contribution in [3.63, 3.8) is 0 Å². The first kappa shape index (κ1) is 19.0. The first-order chi connectivity index (χ1) is 12.8. The van der Waals surface area contributed by atoms with Crippen LogP contribution in [0.2, 0.25) is 0 Å². The average molecular weight is 425 g/mol. The Morgan fingerprint density at radius 3 is 2.41 bits per heavy atom. The van der Waals surface area contributed by atoms with Crippen molar-refractivity contribution in [2.45, 2.75) is 26.2 Å². The molecule has 0 atom stereocenters. The molecule has 0 radical (unpaired) electrons. The summed E-state index contributed by atoms with van der Waals surface area (Å²) in [6.45, 7) is 6.20. The van der Waals surface area contributed by atoms with Crippen LogP contribution in [0.3, 0.4) is 0 Å². The highest BCUT2D eigenvalue weighted by atomic mass is 79.9. The maximum atomic E-state index is 12.7. The van der Waals surface area contributed by atoms with Crippen molar-refractivity contribution >= 4 is 28.1 Å². The summed E-state index contributed by atoms with van der Waals surface area (Å²) in [4.78, 5) is 12.7. The van der Waals surface area contributed by atoms with E-state index in [9.17, 15) is 4.79 Å². The first-order valence-electron chi connectivity index (χ1n) is 8.59. The number of carbonyl (C=O) groups is 1. The highest BCUT2D eigenvalue weighted by Gasteiger charge is 2.23. The van der Waals surface area contributed by atoms with Crippen molar-refractivity contribution in [2.24, 2.45) is 5.10 Å². The van der Waals surface area contributed by atoms with Gasteiger partial charge in [-0.15, -0.1) is 0 Å². The molecule has 1 N–H and O–H groups in total. The number of benzene rings is 2. The number of para-hydroxylation sites is 1. The van der Waals surface area contributed by atoms with Crippen LogP contribution in [0.5, 0.6) is 0 Å². The van der Waals surface area contributed by atoms with E-state index in [2.05, 4.69) is 52.3 Å². The zero-order valence-corrected chi connectivity index (χ0v) is 17.1. The van der Waals surface area contributed by atoms with Crippen molar-refractivity contribution in [1.82, 2.24) is 15.2 Å². The number of hydrazone groups is 1. The molecule has 0 aliphatic carbocycles. The highest BCUT2D eigenvalue weighted by Crippen LogP contribution is 2.23. The van der Waals surface area contributed by atoms with Crippen LogP contribution >= 0.6 is 15.9 Å². The Morgan fingerprint density at radius 2 is 1.78 bits per heavy atom. The van der Waals surface area contributed by atoms with Gasteiger partial charge in [0.2, 0.25) is 0 Å². The smallest absolute Gasteiger partial charge is 0.266 e. The van der Waals surface area contributed by atoms with Gasteiger partial charge in [0, 0.05) is 9.89 Å². The molecule has 2 aromatic carbocycles. The van der Waals surface area contributed by atoms with E-state index in [4.69, 9.17) is 0 Å². The summed E-state index contributed by atoms with van der Waals surface area (Å²) in [6.07, 6.45) is 1.61. The fourth-order valence-electron chi connectivity index (χ4n) is 2.45. The van der Waals surface area contributed by atoms with Gasteiger partial charge in [0.15, 0.2) is 0 Å². The fourth-order valence-corrected chi connectivity index (χ4v) is 2.71. The van der Waals surface area contributed by atoms with Gasteiger partial charge in [-0.1, -0.05) is 67.0 Å². The van der Waals surface area contributed by atoms with Gasteiger partial charge in [-0.05, 0) is 35.9 Å². The molecule has 0 aliphatic rings. The molecule has 6 heteroatoms. The van der Waals surface area contributed by atoms with Crippen LogP contribution in [0.25, 0.3) is 5.69 Å². The lowest BCUT2D eigenvalue weighted by atomic mass is 9.92. The SMILES string of the molecule is CC(C)(C)c1cc(C(=O)N/N=C\c2ccc(Br)cc2)n(-c2ccccc2)n1. The summed E-state index contributed by atoms with van der Waals surface area (Å²) >= 11 is 3.39. The van der Waals surface area contributed by atoms with Gasteiger partial charge in [0.25, 0.3) is 5.91 Å². The van der Waals surface area contributed by atoms with Crippen LogP contribution in [-0.2, 0) is 5.41 Å². The first-order valence-corrected chi connectivity index (χ1v) is 9.39. The Hall–Kier alpha value is -2.73. The van der Waals surface area contributed by atoms with Crippen molar-refractivity contribution < 1.29 is 4.79 Å². The van der Waals surface area contributed by atoms with Gasteiger partial charge in [-0.25, -0.2) is 10.1 Å². The van der Waals surface area contributed by atoms with Crippen molar-refractivity contribution in [3.8, 4) is 5.69 Å². The number of aromatic nitrogens is 2. The molecule has 0 unspecified atom stereocenters. The molecule has 0 spiro atoms. The minimum Gasteiger partial charge on any atom is -0.266 e. The molecule has 1 amide bonds. The predicted octanol–water partition coefficient (Wildman–Crippen LogP) is 4.70. The van der Waals surface area contributed by atoms with E-state index in [0.29, 0.717) is 5.69 Å². The Balaban J connectivity index is 1.86. The molecule has 3 aromatic rings. The second-order valence-electron chi connectivity index (χ2n) is 7.16. The minimum atomic E-state index is -0.310. The van der Waals surface area contributed by atoms with Gasteiger partial charge in [-0.2, -0.15) is 10.2 Å². The summed E-state index contributed by atoms with van der Waals surface area (Å²) in [7, 11) is 0. The van der Waals surface area contributed by atoms with E-state index >= 15 is 0 Å². The normalized spacial score (nSPS) is 11.7. The average Bonchev–Trinajstić information content (AvgIpc) is 3.10. The molecule has 27 heavy (non-hydrogen) atoms. The summed E-state index contributed by atoms with van der Waals surface area (Å²) < 4.78 is 2.65. The molecule has 138 valence electrons. The van der Waals surface area contributed by atoms with E-state index in [1.807, 2.05) is 60.7 Å². The van der Waals surface area contributed by atoms with Crippen LogP contribution in [0.1, 0.15) is 42.5 Å². The van der Waals surface area contributed by atoms with Crippen LogP contribution in [0.15, 0.2) is 70.2 Å². The van der Waals surface area contributed by atoms with E-state index in [1.54, 1.807) is 10.9 Å². The maximum absolute atomic E-state index is 12.7. The van der Waals surface area contributed by atoms with E-state index in [1.165, 1.54) is 0 Å². The van der Waals surface area contributed by atoms with E-state index < -0.39 is 0 Å². The molecule has 5 nitrogen and oxygen atoms in total. The third-order valence-corrected chi connectivity index (χ3v) is 4.49. The minimum absolute atomic E-state index is 0.171. The largest absolute Gasteiger partial charge is 0.290 e. The van der Waals surface area contributed by atoms with Crippen LogP contribution < -0.4 is 5.43 Å². The fraction of sp³-hybridized carbons (Fsp3) is 0.190. The van der Waals surface area contributed by atoms with Crippen molar-refractivity contribution in [3.05, 3.63) is 82.1 Å². The van der Waals surface area contributed by atoms with E-state index in [-0.39, 0.29) is 11.3 Å². The second kappa shape index (κ2) is 7.88. The zero-order valence-electron chi connectivity index (χ0n) is 15.5. The third-order valence-electron chi connectivity index (χ3n) is 3.96. The number of nitrogens with zero attached hydrogens (tertiary/aromatic N) is 3. The number of nitrogens with one attached hydrogen (secondary N) is 1. The standard InChI is InChI=1S/C21H21BrN4O/c1-21(2,3)19-13-18(26(25-19)17-7-5-4-6-8-17)20(27)24-23-14-15-9-11-16(22)12-10-15/h4-14H,1-3H3,(H,24,27)/b23-14-. The quantitative estimate of drug-likeness (QED) is 0.487. The van der Waals surface area contributed by atoms with Gasteiger partial charge in [0.05, 0.1) is 17.6 Å². The van der Waals surface area contributed by atoms with Gasteiger partial charge in [-0.3, -0.25) is 4.79 Å². The molecule has 0 saturated heterocycles. The zero-order chi connectivity index (χ0) is 19.4. The van der Waals surface area contributed by atoms with Crippen LogP contribution in [0, 0.1) is 0 Å². The number of rotatable bonds is 4. The van der Waals surface area contributed by atoms with Gasteiger partial charge < -0.3 is 0 Å². The molecule has 3 rings (SSSR count).